The molecule has 0 bridgehead atoms. The van der Waals surface area contributed by atoms with E-state index in [4.69, 9.17) is 9.47 Å². The molecule has 0 amide bonds. The molecular weight excluding hydrogens is 242 g/mol. The molecule has 4 nitrogen and oxygen atoms in total. The fourth-order valence-corrected chi connectivity index (χ4v) is 2.33. The van der Waals surface area contributed by atoms with Crippen LogP contribution >= 0.6 is 0 Å². The molecule has 2 rings (SSSR count). The van der Waals surface area contributed by atoms with Crippen molar-refractivity contribution in [1.82, 2.24) is 0 Å². The Labute approximate surface area is 113 Å². The van der Waals surface area contributed by atoms with Crippen LogP contribution in [-0.4, -0.2) is 18.3 Å². The lowest BCUT2D eigenvalue weighted by atomic mass is 9.99. The molecule has 0 radical (unpaired) electrons. The van der Waals surface area contributed by atoms with E-state index in [1.165, 1.54) is 0 Å². The number of ether oxygens (including phenoxy) is 2. The molecule has 1 aliphatic heterocycles. The summed E-state index contributed by atoms with van der Waals surface area (Å²) in [7, 11) is 0. The van der Waals surface area contributed by atoms with Gasteiger partial charge in [-0.3, -0.25) is 0 Å². The van der Waals surface area contributed by atoms with Crippen molar-refractivity contribution in [3.05, 3.63) is 38.5 Å². The molecule has 0 N–H and O–H groups in total. The highest BCUT2D eigenvalue weighted by Crippen LogP contribution is 2.36. The highest BCUT2D eigenvalue weighted by Gasteiger charge is 2.48. The lowest BCUT2D eigenvalue weighted by Gasteiger charge is -2.13. The number of hydrogen-bond acceptors (Lipinski definition) is 3. The smallest absolute Gasteiger partial charge is 0.337 e. The lowest BCUT2D eigenvalue weighted by molar-refractivity contribution is 0.252. The van der Waals surface area contributed by atoms with Crippen LogP contribution in [0.5, 0.6) is 5.75 Å². The van der Waals surface area contributed by atoms with E-state index in [9.17, 15) is 5.21 Å². The molecule has 1 atom stereocenters. The quantitative estimate of drug-likeness (QED) is 0.619. The van der Waals surface area contributed by atoms with Gasteiger partial charge in [-0.25, -0.2) is 0 Å². The van der Waals surface area contributed by atoms with Crippen LogP contribution in [0.2, 0.25) is 0 Å². The third-order valence-electron chi connectivity index (χ3n) is 3.60. The maximum Gasteiger partial charge on any atom is 0.337 e. The molecule has 0 saturated carbocycles. The first kappa shape index (κ1) is 13.7. The van der Waals surface area contributed by atoms with Gasteiger partial charge in [0, 0.05) is 10.6 Å². The molecule has 0 aliphatic carbocycles. The molecule has 4 heteroatoms. The van der Waals surface area contributed by atoms with Crippen molar-refractivity contribution in [3.63, 3.8) is 0 Å². The Hall–Kier alpha value is -1.73. The van der Waals surface area contributed by atoms with E-state index in [-0.39, 0.29) is 11.7 Å². The summed E-state index contributed by atoms with van der Waals surface area (Å²) < 4.78 is 11.4. The summed E-state index contributed by atoms with van der Waals surface area (Å²) in [4.78, 5) is 0. The second-order valence-electron chi connectivity index (χ2n) is 5.56. The molecule has 19 heavy (non-hydrogen) atoms. The average molecular weight is 261 g/mol. The predicted molar refractivity (Wildman–Crippen MR) is 74.8 cm³/mol. The average Bonchev–Trinajstić information content (AvgIpc) is 2.92. The van der Waals surface area contributed by atoms with E-state index in [0.717, 1.165) is 22.4 Å². The standard InChI is InChI=1S/C15H19NO3/c1-9-6-10(2)14(11(3)12(9)7-16-17)18-8-13-15(4,5)19-13/h6,13H,8H2,1-5H3. The van der Waals surface area contributed by atoms with Crippen molar-refractivity contribution in [2.45, 2.75) is 46.3 Å². The van der Waals surface area contributed by atoms with Crippen molar-refractivity contribution in [2.24, 2.45) is 0 Å². The normalized spacial score (nSPS) is 19.5. The van der Waals surface area contributed by atoms with Gasteiger partial charge in [-0.1, -0.05) is 6.07 Å². The number of rotatable bonds is 3. The van der Waals surface area contributed by atoms with Crippen LogP contribution in [0.4, 0.5) is 0 Å². The van der Waals surface area contributed by atoms with Crippen LogP contribution in [0.3, 0.4) is 0 Å². The van der Waals surface area contributed by atoms with Crippen molar-refractivity contribution in [1.29, 1.82) is 0 Å². The lowest BCUT2D eigenvalue weighted by Crippen LogP contribution is -2.13. The fraction of sp³-hybridized carbons (Fsp3) is 0.533. The summed E-state index contributed by atoms with van der Waals surface area (Å²) >= 11 is 0. The summed E-state index contributed by atoms with van der Waals surface area (Å²) in [6.07, 6.45) is 0.133. The van der Waals surface area contributed by atoms with Gasteiger partial charge in [0.25, 0.3) is 0 Å². The first-order valence-corrected chi connectivity index (χ1v) is 6.36. The molecule has 102 valence electrons. The second-order valence-corrected chi connectivity index (χ2v) is 5.56. The van der Waals surface area contributed by atoms with Crippen LogP contribution in [-0.2, 0) is 4.74 Å². The van der Waals surface area contributed by atoms with Gasteiger partial charge in [-0.05, 0) is 45.7 Å². The van der Waals surface area contributed by atoms with E-state index < -0.39 is 0 Å². The van der Waals surface area contributed by atoms with Gasteiger partial charge in [0.1, 0.15) is 24.0 Å². The van der Waals surface area contributed by atoms with Crippen molar-refractivity contribution < 1.29 is 9.47 Å². The molecular formula is C15H19NO3. The monoisotopic (exact) mass is 261 g/mol. The van der Waals surface area contributed by atoms with Crippen molar-refractivity contribution in [3.8, 4) is 11.8 Å². The Morgan fingerprint density at radius 3 is 2.53 bits per heavy atom. The Morgan fingerprint density at radius 1 is 1.37 bits per heavy atom. The predicted octanol–water partition coefficient (Wildman–Crippen LogP) is 3.35. The molecule has 1 aliphatic rings. The Bertz CT molecular complexity index is 567. The van der Waals surface area contributed by atoms with Gasteiger partial charge in [-0.15, -0.1) is 0 Å². The van der Waals surface area contributed by atoms with Crippen LogP contribution < -0.4 is 4.74 Å². The number of hydrogen-bond donors (Lipinski definition) is 0. The van der Waals surface area contributed by atoms with Gasteiger partial charge in [0.05, 0.1) is 5.60 Å². The largest absolute Gasteiger partial charge is 0.498 e. The molecule has 1 heterocycles. The molecule has 1 saturated heterocycles. The number of epoxide rings is 1. The van der Waals surface area contributed by atoms with Gasteiger partial charge < -0.3 is 14.7 Å². The third kappa shape index (κ3) is 2.66. The van der Waals surface area contributed by atoms with Crippen LogP contribution in [0.25, 0.3) is 5.01 Å². The first-order valence-electron chi connectivity index (χ1n) is 6.36. The maximum atomic E-state index is 10.4. The van der Waals surface area contributed by atoms with Gasteiger partial charge in [0.2, 0.25) is 0 Å². The van der Waals surface area contributed by atoms with Gasteiger partial charge in [-0.2, -0.15) is 0 Å². The molecule has 0 aromatic heterocycles. The zero-order valence-electron chi connectivity index (χ0n) is 12.0. The third-order valence-corrected chi connectivity index (χ3v) is 3.60. The SMILES string of the molecule is Cc1cc(C)c(OCC2OC2(C)C)c(C)c1C#[N+][O-]. The van der Waals surface area contributed by atoms with E-state index in [1.807, 2.05) is 40.7 Å². The molecule has 0 spiro atoms. The van der Waals surface area contributed by atoms with E-state index in [1.54, 1.807) is 0 Å². The van der Waals surface area contributed by atoms with Crippen LogP contribution in [0.15, 0.2) is 6.07 Å². The minimum atomic E-state index is -0.0854. The highest BCUT2D eigenvalue weighted by atomic mass is 16.6. The van der Waals surface area contributed by atoms with Gasteiger partial charge >= 0.3 is 6.07 Å². The molecule has 1 aromatic carbocycles. The Balaban J connectivity index is 2.24. The van der Waals surface area contributed by atoms with Gasteiger partial charge in [0.15, 0.2) is 0 Å². The second kappa shape index (κ2) is 4.75. The zero-order chi connectivity index (χ0) is 14.2. The Morgan fingerprint density at radius 2 is 2.00 bits per heavy atom. The Kier molecular flexibility index (Phi) is 3.42. The number of aryl methyl sites for hydroxylation is 2. The summed E-state index contributed by atoms with van der Waals surface area (Å²) in [5, 5.41) is 13.2. The highest BCUT2D eigenvalue weighted by molar-refractivity contribution is 5.55. The topological polar surface area (TPSA) is 49.2 Å². The van der Waals surface area contributed by atoms with Crippen molar-refractivity contribution >= 4 is 0 Å². The summed E-state index contributed by atoms with van der Waals surface area (Å²) in [6.45, 7) is 10.4. The van der Waals surface area contributed by atoms with Crippen molar-refractivity contribution in [2.75, 3.05) is 6.61 Å². The number of benzene rings is 1. The summed E-state index contributed by atoms with van der Waals surface area (Å²) in [6, 6.07) is 4.47. The molecule has 1 fully saturated rings. The minimum absolute atomic E-state index is 0.0854. The summed E-state index contributed by atoms with van der Waals surface area (Å²) in [5.74, 6) is 0.794. The van der Waals surface area contributed by atoms with Crippen LogP contribution in [0, 0.1) is 32.0 Å². The first-order chi connectivity index (χ1) is 8.86. The van der Waals surface area contributed by atoms with E-state index >= 15 is 0 Å². The van der Waals surface area contributed by atoms with Crippen LogP contribution in [0.1, 0.15) is 36.1 Å². The van der Waals surface area contributed by atoms with E-state index in [0.29, 0.717) is 12.2 Å². The molecule has 1 aromatic rings. The minimum Gasteiger partial charge on any atom is -0.498 e. The fourth-order valence-electron chi connectivity index (χ4n) is 2.33. The zero-order valence-corrected chi connectivity index (χ0v) is 12.0. The summed E-state index contributed by atoms with van der Waals surface area (Å²) in [5.41, 5.74) is 3.55. The maximum absolute atomic E-state index is 10.4. The van der Waals surface area contributed by atoms with E-state index in [2.05, 4.69) is 11.1 Å². The number of nitrogens with zero attached hydrogens (tertiary/aromatic N) is 1. The molecule has 1 unspecified atom stereocenters.